The lowest BCUT2D eigenvalue weighted by Gasteiger charge is -2.15. The van der Waals surface area contributed by atoms with Crippen LogP contribution in [0.4, 0.5) is 10.6 Å². The van der Waals surface area contributed by atoms with Crippen molar-refractivity contribution < 1.29 is 9.90 Å². The number of hydrogen-bond acceptors (Lipinski definition) is 3. The Hall–Kier alpha value is -2.50. The van der Waals surface area contributed by atoms with Crippen LogP contribution >= 0.6 is 0 Å². The molecular formula is C16H22N4O2. The Morgan fingerprint density at radius 3 is 2.73 bits per heavy atom. The van der Waals surface area contributed by atoms with Gasteiger partial charge in [0.1, 0.15) is 11.6 Å². The van der Waals surface area contributed by atoms with Crippen molar-refractivity contribution in [2.75, 3.05) is 5.32 Å². The van der Waals surface area contributed by atoms with E-state index >= 15 is 0 Å². The third-order valence-corrected chi connectivity index (χ3v) is 3.43. The summed E-state index contributed by atoms with van der Waals surface area (Å²) in [5, 5.41) is 19.1. The molecule has 1 aromatic heterocycles. The zero-order chi connectivity index (χ0) is 15.9. The Bertz CT molecular complexity index is 607. The number of aromatic hydroxyl groups is 1. The minimum absolute atomic E-state index is 0.210. The number of urea groups is 1. The van der Waals surface area contributed by atoms with Crippen molar-refractivity contribution in [3.05, 3.63) is 42.1 Å². The molecule has 0 unspecified atom stereocenters. The molecule has 0 radical (unpaired) electrons. The van der Waals surface area contributed by atoms with Gasteiger partial charge in [0.25, 0.3) is 0 Å². The summed E-state index contributed by atoms with van der Waals surface area (Å²) in [6, 6.07) is 8.47. The van der Waals surface area contributed by atoms with Crippen molar-refractivity contribution in [3.8, 4) is 5.75 Å². The van der Waals surface area contributed by atoms with Gasteiger partial charge in [-0.15, -0.1) is 0 Å². The van der Waals surface area contributed by atoms with Crippen LogP contribution in [0.5, 0.6) is 5.75 Å². The van der Waals surface area contributed by atoms with Crippen molar-refractivity contribution in [1.29, 1.82) is 0 Å². The molecule has 2 aromatic rings. The quantitative estimate of drug-likeness (QED) is 0.766. The van der Waals surface area contributed by atoms with Gasteiger partial charge < -0.3 is 10.4 Å². The molecule has 3 N–H and O–H groups in total. The monoisotopic (exact) mass is 302 g/mol. The molecule has 0 saturated carbocycles. The number of phenolic OH excluding ortho intramolecular Hbond substituents is 1. The van der Waals surface area contributed by atoms with Gasteiger partial charge in [0.15, 0.2) is 0 Å². The molecule has 2 amide bonds. The first kappa shape index (κ1) is 15.9. The molecule has 1 heterocycles. The van der Waals surface area contributed by atoms with E-state index in [-0.39, 0.29) is 17.8 Å². The third-order valence-electron chi connectivity index (χ3n) is 3.43. The van der Waals surface area contributed by atoms with Gasteiger partial charge >= 0.3 is 6.03 Å². The fraction of sp³-hybridized carbons (Fsp3) is 0.375. The predicted octanol–water partition coefficient (Wildman–Crippen LogP) is 3.27. The first-order chi connectivity index (χ1) is 10.6. The number of carbonyl (C=O) groups is 1. The highest BCUT2D eigenvalue weighted by Gasteiger charge is 2.11. The molecule has 0 aliphatic carbocycles. The zero-order valence-electron chi connectivity index (χ0n) is 12.9. The number of anilines is 1. The van der Waals surface area contributed by atoms with E-state index in [1.54, 1.807) is 36.5 Å². The largest absolute Gasteiger partial charge is 0.508 e. The van der Waals surface area contributed by atoms with Crippen LogP contribution in [-0.2, 0) is 6.54 Å². The average Bonchev–Trinajstić information content (AvgIpc) is 2.95. The van der Waals surface area contributed by atoms with Crippen LogP contribution in [0.2, 0.25) is 0 Å². The second kappa shape index (κ2) is 7.49. The fourth-order valence-electron chi connectivity index (χ4n) is 2.26. The van der Waals surface area contributed by atoms with E-state index in [1.165, 1.54) is 0 Å². The van der Waals surface area contributed by atoms with Crippen LogP contribution in [0.3, 0.4) is 0 Å². The molecule has 0 saturated heterocycles. The van der Waals surface area contributed by atoms with Crippen molar-refractivity contribution in [1.82, 2.24) is 15.1 Å². The topological polar surface area (TPSA) is 79.2 Å². The second-order valence-electron chi connectivity index (χ2n) is 5.27. The molecule has 118 valence electrons. The Labute approximate surface area is 130 Å². The molecule has 0 spiro atoms. The lowest BCUT2D eigenvalue weighted by molar-refractivity contribution is 0.251. The minimum atomic E-state index is -0.279. The SMILES string of the molecule is CCC[C@H](C)n1nccc1NC(=O)NCc1ccc(O)cc1. The van der Waals surface area contributed by atoms with E-state index in [1.807, 2.05) is 4.68 Å². The van der Waals surface area contributed by atoms with Gasteiger partial charge in [-0.3, -0.25) is 5.32 Å². The molecule has 2 rings (SSSR count). The highest BCUT2D eigenvalue weighted by atomic mass is 16.3. The van der Waals surface area contributed by atoms with Gasteiger partial charge in [-0.2, -0.15) is 5.10 Å². The second-order valence-corrected chi connectivity index (χ2v) is 5.27. The van der Waals surface area contributed by atoms with Crippen LogP contribution in [0.1, 0.15) is 38.3 Å². The minimum Gasteiger partial charge on any atom is -0.508 e. The molecule has 22 heavy (non-hydrogen) atoms. The maximum atomic E-state index is 12.0. The van der Waals surface area contributed by atoms with Crippen molar-refractivity contribution in [2.45, 2.75) is 39.3 Å². The average molecular weight is 302 g/mol. The molecule has 0 bridgehead atoms. The summed E-state index contributed by atoms with van der Waals surface area (Å²) in [6.07, 6.45) is 3.75. The van der Waals surface area contributed by atoms with Gasteiger partial charge in [0.05, 0.1) is 12.2 Å². The van der Waals surface area contributed by atoms with E-state index in [0.29, 0.717) is 12.4 Å². The Balaban J connectivity index is 1.89. The summed E-state index contributed by atoms with van der Waals surface area (Å²) < 4.78 is 1.82. The summed E-state index contributed by atoms with van der Waals surface area (Å²) in [7, 11) is 0. The van der Waals surface area contributed by atoms with Crippen LogP contribution < -0.4 is 10.6 Å². The molecule has 0 fully saturated rings. The van der Waals surface area contributed by atoms with Crippen molar-refractivity contribution in [3.63, 3.8) is 0 Å². The van der Waals surface area contributed by atoms with Crippen LogP contribution in [0, 0.1) is 0 Å². The molecule has 1 aromatic carbocycles. The number of amides is 2. The summed E-state index contributed by atoms with van der Waals surface area (Å²) >= 11 is 0. The number of nitrogens with zero attached hydrogens (tertiary/aromatic N) is 2. The Morgan fingerprint density at radius 2 is 2.05 bits per heavy atom. The Kier molecular flexibility index (Phi) is 5.41. The van der Waals surface area contributed by atoms with Gasteiger partial charge in [0, 0.05) is 12.6 Å². The van der Waals surface area contributed by atoms with E-state index < -0.39 is 0 Å². The molecular weight excluding hydrogens is 280 g/mol. The number of phenols is 1. The van der Waals surface area contributed by atoms with Gasteiger partial charge in [-0.25, -0.2) is 9.48 Å². The highest BCUT2D eigenvalue weighted by Crippen LogP contribution is 2.18. The number of benzene rings is 1. The first-order valence-electron chi connectivity index (χ1n) is 7.46. The summed E-state index contributed by atoms with van der Waals surface area (Å²) in [6.45, 7) is 4.60. The Morgan fingerprint density at radius 1 is 1.32 bits per heavy atom. The van der Waals surface area contributed by atoms with Crippen LogP contribution in [0.15, 0.2) is 36.5 Å². The zero-order valence-corrected chi connectivity index (χ0v) is 12.9. The smallest absolute Gasteiger partial charge is 0.320 e. The third kappa shape index (κ3) is 4.25. The maximum Gasteiger partial charge on any atom is 0.320 e. The van der Waals surface area contributed by atoms with E-state index in [2.05, 4.69) is 29.6 Å². The number of rotatable bonds is 6. The maximum absolute atomic E-state index is 12.0. The lowest BCUT2D eigenvalue weighted by atomic mass is 10.2. The van der Waals surface area contributed by atoms with Gasteiger partial charge in [-0.1, -0.05) is 25.5 Å². The standard InChI is InChI=1S/C16H22N4O2/c1-3-4-12(2)20-15(9-10-18-20)19-16(22)17-11-13-5-7-14(21)8-6-13/h5-10,12,21H,3-4,11H2,1-2H3,(H2,17,19,22)/t12-/m0/s1. The van der Waals surface area contributed by atoms with Crippen LogP contribution in [-0.4, -0.2) is 20.9 Å². The molecule has 0 aliphatic heterocycles. The van der Waals surface area contributed by atoms with E-state index in [9.17, 15) is 9.90 Å². The summed E-state index contributed by atoms with van der Waals surface area (Å²) in [5.41, 5.74) is 0.917. The van der Waals surface area contributed by atoms with Gasteiger partial charge in [0.2, 0.25) is 0 Å². The predicted molar refractivity (Wildman–Crippen MR) is 85.8 cm³/mol. The number of hydrogen-bond donors (Lipinski definition) is 3. The summed E-state index contributed by atoms with van der Waals surface area (Å²) in [5.74, 6) is 0.895. The van der Waals surface area contributed by atoms with E-state index in [4.69, 9.17) is 0 Å². The number of nitrogens with one attached hydrogen (secondary N) is 2. The van der Waals surface area contributed by atoms with Crippen molar-refractivity contribution >= 4 is 11.8 Å². The molecule has 0 aliphatic rings. The van der Waals surface area contributed by atoms with Gasteiger partial charge in [-0.05, 0) is 31.0 Å². The van der Waals surface area contributed by atoms with Crippen LogP contribution in [0.25, 0.3) is 0 Å². The number of carbonyl (C=O) groups excluding carboxylic acids is 1. The summed E-state index contributed by atoms with van der Waals surface area (Å²) in [4.78, 5) is 12.0. The van der Waals surface area contributed by atoms with E-state index in [0.717, 1.165) is 18.4 Å². The first-order valence-corrected chi connectivity index (χ1v) is 7.46. The lowest BCUT2D eigenvalue weighted by Crippen LogP contribution is -2.29. The highest BCUT2D eigenvalue weighted by molar-refractivity contribution is 5.88. The molecule has 6 nitrogen and oxygen atoms in total. The normalized spacial score (nSPS) is 11.9. The molecule has 1 atom stereocenters. The number of aromatic nitrogens is 2. The molecule has 6 heteroatoms. The fourth-order valence-corrected chi connectivity index (χ4v) is 2.26. The van der Waals surface area contributed by atoms with Crippen molar-refractivity contribution in [2.24, 2.45) is 0 Å².